The van der Waals surface area contributed by atoms with Gasteiger partial charge in [0, 0.05) is 11.9 Å². The number of hydrogen-bond donors (Lipinski definition) is 2. The van der Waals surface area contributed by atoms with Crippen molar-refractivity contribution >= 4 is 23.1 Å². The molecule has 2 heterocycles. The summed E-state index contributed by atoms with van der Waals surface area (Å²) in [6.45, 7) is 2.29. The summed E-state index contributed by atoms with van der Waals surface area (Å²) < 4.78 is 28.6. The second-order valence-corrected chi connectivity index (χ2v) is 6.08. The van der Waals surface area contributed by atoms with E-state index in [9.17, 15) is 18.4 Å². The summed E-state index contributed by atoms with van der Waals surface area (Å²) in [5, 5.41) is 13.3. The van der Waals surface area contributed by atoms with Crippen LogP contribution in [0.25, 0.3) is 16.8 Å². The minimum absolute atomic E-state index is 0.294. The van der Waals surface area contributed by atoms with Crippen molar-refractivity contribution in [2.24, 2.45) is 0 Å². The molecule has 0 saturated carbocycles. The first kappa shape index (κ1) is 17.1. The van der Waals surface area contributed by atoms with Crippen molar-refractivity contribution in [1.82, 2.24) is 14.6 Å². The number of H-pyrrole nitrogens is 1. The number of hydrogen-bond acceptors (Lipinski definition) is 3. The minimum atomic E-state index is -3.54. The highest BCUT2D eigenvalue weighted by Crippen LogP contribution is 2.32. The zero-order chi connectivity index (χ0) is 18.5. The van der Waals surface area contributed by atoms with Crippen LogP contribution in [-0.4, -0.2) is 25.7 Å². The average Bonchev–Trinajstić information content (AvgIpc) is 2.90. The maximum atomic E-state index is 13.9. The molecule has 2 aromatic heterocycles. The number of halogens is 3. The average molecular weight is 368 g/mol. The van der Waals surface area contributed by atoms with E-state index >= 15 is 0 Å². The lowest BCUT2D eigenvalue weighted by Crippen LogP contribution is -2.18. The first-order valence-corrected chi connectivity index (χ1v) is 7.51. The van der Waals surface area contributed by atoms with Crippen LogP contribution in [0.3, 0.4) is 0 Å². The van der Waals surface area contributed by atoms with Gasteiger partial charge < -0.3 is 10.1 Å². The number of nitrogens with zero attached hydrogens (tertiary/aromatic N) is 2. The van der Waals surface area contributed by atoms with E-state index in [1.807, 2.05) is 0 Å². The molecule has 0 fully saturated rings. The summed E-state index contributed by atoms with van der Waals surface area (Å²) >= 11 is 5.97. The second-order valence-electron chi connectivity index (χ2n) is 5.67. The number of nitrogens with one attached hydrogen (secondary N) is 1. The Balaban J connectivity index is 2.33. The van der Waals surface area contributed by atoms with Gasteiger partial charge in [0.05, 0.1) is 17.5 Å². The third kappa shape index (κ3) is 2.89. The monoisotopic (exact) mass is 367 g/mol. The van der Waals surface area contributed by atoms with Crippen LogP contribution in [0.1, 0.15) is 28.5 Å². The summed E-state index contributed by atoms with van der Waals surface area (Å²) in [6, 6.07) is 4.98. The summed E-state index contributed by atoms with van der Waals surface area (Å²) in [4.78, 5) is 26.1. The summed E-state index contributed by atoms with van der Waals surface area (Å²) in [5.74, 6) is -5.18. The van der Waals surface area contributed by atoms with E-state index in [0.29, 0.717) is 23.2 Å². The number of fused-ring (bicyclic) bond motifs is 1. The Labute approximate surface area is 144 Å². The summed E-state index contributed by atoms with van der Waals surface area (Å²) in [7, 11) is 0. The van der Waals surface area contributed by atoms with Crippen molar-refractivity contribution < 1.29 is 18.7 Å². The molecule has 0 spiro atoms. The lowest BCUT2D eigenvalue weighted by molar-refractivity contribution is 0.0168. The van der Waals surface area contributed by atoms with Gasteiger partial charge in [-0.25, -0.2) is 18.1 Å². The zero-order valence-electron chi connectivity index (χ0n) is 13.1. The number of aryl methyl sites for hydroxylation is 1. The van der Waals surface area contributed by atoms with Gasteiger partial charge in [-0.3, -0.25) is 4.79 Å². The Kier molecular flexibility index (Phi) is 3.87. The maximum Gasteiger partial charge on any atom is 0.356 e. The fourth-order valence-electron chi connectivity index (χ4n) is 2.61. The number of benzene rings is 1. The molecule has 0 amide bonds. The molecule has 130 valence electrons. The molecule has 0 bridgehead atoms. The molecule has 0 aliphatic carbocycles. The smallest absolute Gasteiger partial charge is 0.356 e. The van der Waals surface area contributed by atoms with Crippen LogP contribution in [0.4, 0.5) is 8.78 Å². The highest BCUT2D eigenvalue weighted by Gasteiger charge is 2.37. The molecule has 0 saturated heterocycles. The van der Waals surface area contributed by atoms with E-state index in [-0.39, 0.29) is 0 Å². The predicted octanol–water partition coefficient (Wildman–Crippen LogP) is 3.46. The first-order valence-electron chi connectivity index (χ1n) is 7.13. The van der Waals surface area contributed by atoms with Crippen LogP contribution >= 0.6 is 11.6 Å². The number of rotatable bonds is 3. The molecule has 3 aromatic rings. The predicted molar refractivity (Wildman–Crippen MR) is 87.5 cm³/mol. The van der Waals surface area contributed by atoms with Crippen molar-refractivity contribution in [1.29, 1.82) is 0 Å². The van der Waals surface area contributed by atoms with Crippen LogP contribution in [0, 0.1) is 6.92 Å². The van der Waals surface area contributed by atoms with Crippen molar-refractivity contribution in [3.8, 4) is 11.3 Å². The third-order valence-electron chi connectivity index (χ3n) is 3.74. The molecule has 0 radical (unpaired) electrons. The molecule has 0 unspecified atom stereocenters. The van der Waals surface area contributed by atoms with Gasteiger partial charge in [-0.1, -0.05) is 17.7 Å². The molecular weight excluding hydrogens is 356 g/mol. The number of carbonyl (C=O) groups is 1. The lowest BCUT2D eigenvalue weighted by Gasteiger charge is -2.09. The number of carboxylic acids is 1. The van der Waals surface area contributed by atoms with Crippen molar-refractivity contribution in [3.63, 3.8) is 0 Å². The molecule has 6 nitrogen and oxygen atoms in total. The quantitative estimate of drug-likeness (QED) is 0.742. The molecule has 0 atom stereocenters. The summed E-state index contributed by atoms with van der Waals surface area (Å²) in [6.07, 6.45) is 1.29. The molecule has 1 aromatic carbocycles. The van der Waals surface area contributed by atoms with Gasteiger partial charge in [0.15, 0.2) is 5.69 Å². The van der Waals surface area contributed by atoms with E-state index in [1.165, 1.54) is 6.20 Å². The van der Waals surface area contributed by atoms with Gasteiger partial charge >= 0.3 is 5.97 Å². The van der Waals surface area contributed by atoms with Crippen molar-refractivity contribution in [2.75, 3.05) is 0 Å². The van der Waals surface area contributed by atoms with E-state index in [1.54, 1.807) is 25.1 Å². The topological polar surface area (TPSA) is 87.5 Å². The van der Waals surface area contributed by atoms with Gasteiger partial charge in [0.25, 0.3) is 11.5 Å². The van der Waals surface area contributed by atoms with E-state index in [2.05, 4.69) is 10.1 Å². The normalized spacial score (nSPS) is 11.9. The number of carboxylic acid groups (broad SMARTS) is 1. The van der Waals surface area contributed by atoms with Crippen LogP contribution in [-0.2, 0) is 5.92 Å². The number of alkyl halides is 2. The fourth-order valence-corrected chi connectivity index (χ4v) is 2.72. The Morgan fingerprint density at radius 2 is 2.08 bits per heavy atom. The van der Waals surface area contributed by atoms with E-state index in [4.69, 9.17) is 16.7 Å². The van der Waals surface area contributed by atoms with Gasteiger partial charge in [0.2, 0.25) is 0 Å². The van der Waals surface area contributed by atoms with Crippen LogP contribution < -0.4 is 5.56 Å². The van der Waals surface area contributed by atoms with Crippen molar-refractivity contribution in [2.45, 2.75) is 19.8 Å². The molecule has 0 aliphatic rings. The van der Waals surface area contributed by atoms with E-state index < -0.39 is 34.2 Å². The van der Waals surface area contributed by atoms with Crippen molar-refractivity contribution in [3.05, 3.63) is 56.6 Å². The number of aromatic amines is 1. The van der Waals surface area contributed by atoms with Crippen LogP contribution in [0.2, 0.25) is 5.02 Å². The SMILES string of the molecule is Cc1cc(-c2cn3nc(C(=O)O)c(C(C)(F)F)c3c(=O)[nH]2)ccc1Cl. The molecular formula is C16H12ClF2N3O3. The first-order chi connectivity index (χ1) is 11.6. The maximum absolute atomic E-state index is 13.9. The molecule has 2 N–H and O–H groups in total. The standard InChI is InChI=1S/C16H12ClF2N3O3/c1-7-5-8(3-4-9(7)17)10-6-22-13(14(23)20-10)11(16(2,18)19)12(21-22)15(24)25/h3-6H,1-2H3,(H,20,23)(H,24,25). The summed E-state index contributed by atoms with van der Waals surface area (Å²) in [5.41, 5.74) is -1.50. The Morgan fingerprint density at radius 3 is 2.64 bits per heavy atom. The Morgan fingerprint density at radius 1 is 1.40 bits per heavy atom. The fraction of sp³-hybridized carbons (Fsp3) is 0.188. The second kappa shape index (κ2) is 5.66. The highest BCUT2D eigenvalue weighted by atomic mass is 35.5. The van der Waals surface area contributed by atoms with E-state index in [0.717, 1.165) is 10.1 Å². The zero-order valence-corrected chi connectivity index (χ0v) is 13.9. The highest BCUT2D eigenvalue weighted by molar-refractivity contribution is 6.31. The molecule has 3 rings (SSSR count). The third-order valence-corrected chi connectivity index (χ3v) is 4.16. The minimum Gasteiger partial charge on any atom is -0.476 e. The Bertz CT molecular complexity index is 1070. The van der Waals surface area contributed by atoms with Crippen LogP contribution in [0.5, 0.6) is 0 Å². The lowest BCUT2D eigenvalue weighted by atomic mass is 10.1. The molecule has 25 heavy (non-hydrogen) atoms. The van der Waals surface area contributed by atoms with Gasteiger partial charge in [-0.05, 0) is 30.2 Å². The van der Waals surface area contributed by atoms with Gasteiger partial charge in [-0.15, -0.1) is 0 Å². The number of aromatic carboxylic acids is 1. The largest absolute Gasteiger partial charge is 0.476 e. The molecule has 0 aliphatic heterocycles. The molecule has 9 heteroatoms. The number of aromatic nitrogens is 3. The van der Waals surface area contributed by atoms with Gasteiger partial charge in [0.1, 0.15) is 5.52 Å². The Hall–Kier alpha value is -2.74. The van der Waals surface area contributed by atoms with Gasteiger partial charge in [-0.2, -0.15) is 5.10 Å². The van der Waals surface area contributed by atoms with Crippen LogP contribution in [0.15, 0.2) is 29.2 Å².